The Morgan fingerprint density at radius 1 is 1.47 bits per heavy atom. The van der Waals surface area contributed by atoms with E-state index in [4.69, 9.17) is 4.74 Å². The smallest absolute Gasteiger partial charge is 0.407 e. The molecule has 86 valence electrons. The first-order valence-electron chi connectivity index (χ1n) is 5.33. The van der Waals surface area contributed by atoms with Crippen LogP contribution in [0.5, 0.6) is 0 Å². The quantitative estimate of drug-likeness (QED) is 0.734. The second kappa shape index (κ2) is 5.58. The standard InChI is InChI=1S/C10H18N2O3/c1-3-15-10(14)11-6-7-12(8(2)13)9-4-5-9/h9H,3-7H2,1-2H3,(H,11,14). The molecular formula is C10H18N2O3. The van der Waals surface area contributed by atoms with Crippen molar-refractivity contribution >= 4 is 12.0 Å². The van der Waals surface area contributed by atoms with E-state index >= 15 is 0 Å². The molecule has 15 heavy (non-hydrogen) atoms. The largest absolute Gasteiger partial charge is 0.450 e. The molecule has 0 aromatic rings. The summed E-state index contributed by atoms with van der Waals surface area (Å²) in [6.45, 7) is 4.70. The van der Waals surface area contributed by atoms with Gasteiger partial charge in [0.1, 0.15) is 0 Å². The number of nitrogens with one attached hydrogen (secondary N) is 1. The molecule has 0 heterocycles. The van der Waals surface area contributed by atoms with Crippen molar-refractivity contribution in [3.8, 4) is 0 Å². The topological polar surface area (TPSA) is 58.6 Å². The molecule has 1 rings (SSSR count). The minimum absolute atomic E-state index is 0.0724. The fourth-order valence-corrected chi connectivity index (χ4v) is 1.44. The minimum atomic E-state index is -0.420. The highest BCUT2D eigenvalue weighted by atomic mass is 16.5. The summed E-state index contributed by atoms with van der Waals surface area (Å²) in [5.74, 6) is 0.0724. The molecule has 5 nitrogen and oxygen atoms in total. The first kappa shape index (κ1) is 11.8. The highest BCUT2D eigenvalue weighted by Gasteiger charge is 2.30. The van der Waals surface area contributed by atoms with Gasteiger partial charge in [0, 0.05) is 26.1 Å². The van der Waals surface area contributed by atoms with Crippen LogP contribution in [0.25, 0.3) is 0 Å². The van der Waals surface area contributed by atoms with Crippen LogP contribution >= 0.6 is 0 Å². The van der Waals surface area contributed by atoms with E-state index in [1.807, 2.05) is 0 Å². The second-order valence-corrected chi connectivity index (χ2v) is 3.59. The molecule has 0 atom stereocenters. The average Bonchev–Trinajstić information content (AvgIpc) is 2.95. The maximum Gasteiger partial charge on any atom is 0.407 e. The molecule has 0 bridgehead atoms. The van der Waals surface area contributed by atoms with Crippen molar-refractivity contribution in [2.24, 2.45) is 0 Å². The van der Waals surface area contributed by atoms with Crippen molar-refractivity contribution in [3.05, 3.63) is 0 Å². The molecule has 1 aliphatic rings. The molecule has 1 fully saturated rings. The lowest BCUT2D eigenvalue weighted by Gasteiger charge is -2.20. The van der Waals surface area contributed by atoms with E-state index in [2.05, 4.69) is 5.32 Å². The molecule has 2 amide bonds. The number of hydrogen-bond donors (Lipinski definition) is 1. The van der Waals surface area contributed by atoms with Crippen molar-refractivity contribution in [2.45, 2.75) is 32.7 Å². The van der Waals surface area contributed by atoms with E-state index in [0.717, 1.165) is 12.8 Å². The van der Waals surface area contributed by atoms with Crippen molar-refractivity contribution in [3.63, 3.8) is 0 Å². The summed E-state index contributed by atoms with van der Waals surface area (Å²) in [5.41, 5.74) is 0. The first-order valence-corrected chi connectivity index (χ1v) is 5.33. The van der Waals surface area contributed by atoms with Gasteiger partial charge >= 0.3 is 6.09 Å². The van der Waals surface area contributed by atoms with E-state index in [-0.39, 0.29) is 5.91 Å². The SMILES string of the molecule is CCOC(=O)NCCN(C(C)=O)C1CC1. The van der Waals surface area contributed by atoms with Crippen LogP contribution in [0, 0.1) is 0 Å². The van der Waals surface area contributed by atoms with Gasteiger partial charge in [-0.05, 0) is 19.8 Å². The monoisotopic (exact) mass is 214 g/mol. The molecule has 0 aromatic carbocycles. The van der Waals surface area contributed by atoms with Crippen LogP contribution in [0.3, 0.4) is 0 Å². The van der Waals surface area contributed by atoms with Crippen molar-refractivity contribution < 1.29 is 14.3 Å². The highest BCUT2D eigenvalue weighted by Crippen LogP contribution is 2.26. The Bertz CT molecular complexity index is 239. The summed E-state index contributed by atoms with van der Waals surface area (Å²) < 4.78 is 4.71. The maximum absolute atomic E-state index is 11.2. The summed E-state index contributed by atoms with van der Waals surface area (Å²) in [6, 6.07) is 0.395. The molecular weight excluding hydrogens is 196 g/mol. The molecule has 1 saturated carbocycles. The zero-order valence-electron chi connectivity index (χ0n) is 9.28. The van der Waals surface area contributed by atoms with Crippen LogP contribution < -0.4 is 5.32 Å². The Kier molecular flexibility index (Phi) is 4.39. The van der Waals surface area contributed by atoms with Gasteiger partial charge in [-0.2, -0.15) is 0 Å². The molecule has 0 unspecified atom stereocenters. The first-order chi connectivity index (χ1) is 7.15. The summed E-state index contributed by atoms with van der Waals surface area (Å²) in [6.07, 6.45) is 1.75. The van der Waals surface area contributed by atoms with Crippen LogP contribution in [-0.4, -0.2) is 42.6 Å². The molecule has 1 N–H and O–H groups in total. The Balaban J connectivity index is 2.16. The maximum atomic E-state index is 11.2. The number of ether oxygens (including phenoxy) is 1. The molecule has 0 saturated heterocycles. The predicted octanol–water partition coefficient (Wildman–Crippen LogP) is 0.743. The number of alkyl carbamates (subject to hydrolysis) is 1. The van der Waals surface area contributed by atoms with Gasteiger partial charge in [0.2, 0.25) is 5.91 Å². The molecule has 0 radical (unpaired) electrons. The van der Waals surface area contributed by atoms with E-state index < -0.39 is 6.09 Å². The Labute approximate surface area is 89.8 Å². The van der Waals surface area contributed by atoms with Crippen LogP contribution in [0.1, 0.15) is 26.7 Å². The van der Waals surface area contributed by atoms with Crippen molar-refractivity contribution in [1.82, 2.24) is 10.2 Å². The van der Waals surface area contributed by atoms with Crippen molar-refractivity contribution in [2.75, 3.05) is 19.7 Å². The molecule has 5 heteroatoms. The third-order valence-electron chi connectivity index (χ3n) is 2.29. The number of amides is 2. The molecule has 0 aromatic heterocycles. The second-order valence-electron chi connectivity index (χ2n) is 3.59. The summed E-state index contributed by atoms with van der Waals surface area (Å²) in [7, 11) is 0. The number of hydrogen-bond acceptors (Lipinski definition) is 3. The third-order valence-corrected chi connectivity index (χ3v) is 2.29. The fourth-order valence-electron chi connectivity index (χ4n) is 1.44. The van der Waals surface area contributed by atoms with E-state index in [9.17, 15) is 9.59 Å². The van der Waals surface area contributed by atoms with E-state index in [0.29, 0.717) is 25.7 Å². The highest BCUT2D eigenvalue weighted by molar-refractivity contribution is 5.74. The summed E-state index contributed by atoms with van der Waals surface area (Å²) in [4.78, 5) is 23.9. The van der Waals surface area contributed by atoms with Crippen LogP contribution in [0.4, 0.5) is 4.79 Å². The fraction of sp³-hybridized carbons (Fsp3) is 0.800. The Morgan fingerprint density at radius 3 is 2.60 bits per heavy atom. The van der Waals surface area contributed by atoms with Gasteiger partial charge in [0.05, 0.1) is 6.61 Å². The van der Waals surface area contributed by atoms with Gasteiger partial charge in [0.15, 0.2) is 0 Å². The van der Waals surface area contributed by atoms with E-state index in [1.165, 1.54) is 0 Å². The normalized spacial score (nSPS) is 14.5. The Morgan fingerprint density at radius 2 is 2.13 bits per heavy atom. The third kappa shape index (κ3) is 4.18. The average molecular weight is 214 g/mol. The zero-order valence-corrected chi connectivity index (χ0v) is 9.28. The van der Waals surface area contributed by atoms with Crippen LogP contribution in [0.15, 0.2) is 0 Å². The van der Waals surface area contributed by atoms with Gasteiger partial charge in [-0.15, -0.1) is 0 Å². The molecule has 1 aliphatic carbocycles. The number of rotatable bonds is 5. The predicted molar refractivity (Wildman–Crippen MR) is 55.4 cm³/mol. The van der Waals surface area contributed by atoms with Crippen LogP contribution in [0.2, 0.25) is 0 Å². The van der Waals surface area contributed by atoms with Gasteiger partial charge < -0.3 is 15.0 Å². The lowest BCUT2D eigenvalue weighted by molar-refractivity contribution is -0.129. The minimum Gasteiger partial charge on any atom is -0.450 e. The van der Waals surface area contributed by atoms with Gasteiger partial charge in [-0.3, -0.25) is 4.79 Å². The molecule has 0 aliphatic heterocycles. The van der Waals surface area contributed by atoms with E-state index in [1.54, 1.807) is 18.7 Å². The lowest BCUT2D eigenvalue weighted by Crippen LogP contribution is -2.38. The zero-order chi connectivity index (χ0) is 11.3. The van der Waals surface area contributed by atoms with Gasteiger partial charge in [-0.25, -0.2) is 4.79 Å². The van der Waals surface area contributed by atoms with Gasteiger partial charge in [0.25, 0.3) is 0 Å². The summed E-state index contributed by atoms with van der Waals surface area (Å²) in [5, 5.41) is 2.60. The number of carbonyl (C=O) groups is 2. The summed E-state index contributed by atoms with van der Waals surface area (Å²) >= 11 is 0. The number of nitrogens with zero attached hydrogens (tertiary/aromatic N) is 1. The van der Waals surface area contributed by atoms with Crippen molar-refractivity contribution in [1.29, 1.82) is 0 Å². The Hall–Kier alpha value is -1.26. The molecule has 0 spiro atoms. The van der Waals surface area contributed by atoms with Gasteiger partial charge in [-0.1, -0.05) is 0 Å². The lowest BCUT2D eigenvalue weighted by atomic mass is 10.4. The van der Waals surface area contributed by atoms with Crippen LogP contribution in [-0.2, 0) is 9.53 Å². The number of carbonyl (C=O) groups excluding carboxylic acids is 2.